The number of carbonyl (C=O) groups excluding carboxylic acids is 1. The van der Waals surface area contributed by atoms with E-state index >= 15 is 0 Å². The summed E-state index contributed by atoms with van der Waals surface area (Å²) in [6.07, 6.45) is -0.484. The first-order chi connectivity index (χ1) is 10.4. The predicted molar refractivity (Wildman–Crippen MR) is 90.4 cm³/mol. The second-order valence-corrected chi connectivity index (χ2v) is 6.28. The second-order valence-electron chi connectivity index (χ2n) is 6.28. The van der Waals surface area contributed by atoms with E-state index in [2.05, 4.69) is 33.0 Å². The largest absolute Gasteiger partial charge is 0.417 e. The number of rotatable bonds is 4. The van der Waals surface area contributed by atoms with Crippen LogP contribution in [0, 0.1) is 5.92 Å². The number of hydrogen-bond donors (Lipinski definition) is 1. The highest BCUT2D eigenvalue weighted by atomic mass is 16.6. The van der Waals surface area contributed by atoms with Crippen LogP contribution in [-0.2, 0) is 5.41 Å². The highest BCUT2D eigenvalue weighted by Gasteiger charge is 2.24. The Balaban J connectivity index is 2.01. The molecule has 1 N–H and O–H groups in total. The molecule has 0 aliphatic rings. The summed E-state index contributed by atoms with van der Waals surface area (Å²) in [5.74, 6) is 1.07. The molecule has 0 saturated heterocycles. The molecule has 1 amide bonds. The predicted octanol–water partition coefficient (Wildman–Crippen LogP) is 5.23. The number of carbonyl (C=O) groups is 1. The molecule has 3 heteroatoms. The van der Waals surface area contributed by atoms with Crippen LogP contribution in [0.25, 0.3) is 0 Å². The topological polar surface area (TPSA) is 38.3 Å². The minimum Gasteiger partial charge on any atom is -0.410 e. The fourth-order valence-corrected chi connectivity index (χ4v) is 2.06. The molecule has 0 atom stereocenters. The molecule has 0 bridgehead atoms. The summed E-state index contributed by atoms with van der Waals surface area (Å²) in [6, 6.07) is 17.0. The second kappa shape index (κ2) is 6.65. The SMILES string of the molecule is CC(C)C(C)(C)c1ccc(OC(=O)Nc2ccccc2)cc1. The molecule has 2 aromatic carbocycles. The highest BCUT2D eigenvalue weighted by molar-refractivity contribution is 5.86. The average Bonchev–Trinajstić information content (AvgIpc) is 2.48. The third kappa shape index (κ3) is 3.88. The third-order valence-corrected chi connectivity index (χ3v) is 4.27. The fourth-order valence-electron chi connectivity index (χ4n) is 2.06. The van der Waals surface area contributed by atoms with Gasteiger partial charge in [0.05, 0.1) is 0 Å². The molecular formula is C19H23NO2. The van der Waals surface area contributed by atoms with E-state index in [9.17, 15) is 4.79 Å². The van der Waals surface area contributed by atoms with E-state index in [1.165, 1.54) is 5.56 Å². The van der Waals surface area contributed by atoms with Crippen molar-refractivity contribution < 1.29 is 9.53 Å². The molecule has 116 valence electrons. The molecule has 0 aliphatic carbocycles. The first kappa shape index (κ1) is 16.1. The van der Waals surface area contributed by atoms with E-state index in [1.807, 2.05) is 54.6 Å². The molecule has 3 nitrogen and oxygen atoms in total. The Bertz CT molecular complexity index is 616. The zero-order chi connectivity index (χ0) is 16.2. The van der Waals surface area contributed by atoms with Gasteiger partial charge in [-0.1, -0.05) is 58.0 Å². The monoisotopic (exact) mass is 297 g/mol. The van der Waals surface area contributed by atoms with Crippen LogP contribution in [-0.4, -0.2) is 6.09 Å². The van der Waals surface area contributed by atoms with Crippen molar-refractivity contribution in [3.8, 4) is 5.75 Å². The van der Waals surface area contributed by atoms with Crippen LogP contribution in [0.2, 0.25) is 0 Å². The van der Waals surface area contributed by atoms with Crippen LogP contribution in [0.3, 0.4) is 0 Å². The summed E-state index contributed by atoms with van der Waals surface area (Å²) in [6.45, 7) is 8.85. The van der Waals surface area contributed by atoms with Crippen molar-refractivity contribution in [2.45, 2.75) is 33.1 Å². The molecule has 0 heterocycles. The van der Waals surface area contributed by atoms with E-state index in [0.29, 0.717) is 17.4 Å². The Hall–Kier alpha value is -2.29. The van der Waals surface area contributed by atoms with E-state index < -0.39 is 6.09 Å². The van der Waals surface area contributed by atoms with Gasteiger partial charge in [-0.3, -0.25) is 5.32 Å². The van der Waals surface area contributed by atoms with Gasteiger partial charge in [-0.05, 0) is 41.2 Å². The van der Waals surface area contributed by atoms with Crippen molar-refractivity contribution in [1.29, 1.82) is 0 Å². The van der Waals surface area contributed by atoms with Gasteiger partial charge in [0.25, 0.3) is 0 Å². The van der Waals surface area contributed by atoms with Crippen molar-refractivity contribution >= 4 is 11.8 Å². The number of anilines is 1. The van der Waals surface area contributed by atoms with Gasteiger partial charge >= 0.3 is 6.09 Å². The van der Waals surface area contributed by atoms with Crippen molar-refractivity contribution in [2.24, 2.45) is 5.92 Å². The number of amides is 1. The first-order valence-corrected chi connectivity index (χ1v) is 7.54. The standard InChI is InChI=1S/C19H23NO2/c1-14(2)19(3,4)15-10-12-17(13-11-15)22-18(21)20-16-8-6-5-7-9-16/h5-14H,1-4H3,(H,20,21). The lowest BCUT2D eigenvalue weighted by atomic mass is 9.75. The molecule has 0 fully saturated rings. The minimum atomic E-state index is -0.484. The molecular weight excluding hydrogens is 274 g/mol. The summed E-state index contributed by atoms with van der Waals surface area (Å²) in [7, 11) is 0. The Morgan fingerprint density at radius 3 is 2.14 bits per heavy atom. The molecule has 0 unspecified atom stereocenters. The maximum absolute atomic E-state index is 11.8. The van der Waals surface area contributed by atoms with Gasteiger partial charge in [-0.25, -0.2) is 4.79 Å². The molecule has 0 saturated carbocycles. The first-order valence-electron chi connectivity index (χ1n) is 7.54. The lowest BCUT2D eigenvalue weighted by molar-refractivity contribution is 0.215. The zero-order valence-corrected chi connectivity index (χ0v) is 13.6. The van der Waals surface area contributed by atoms with Crippen LogP contribution < -0.4 is 10.1 Å². The van der Waals surface area contributed by atoms with Crippen molar-refractivity contribution in [2.75, 3.05) is 5.32 Å². The normalized spacial score (nSPS) is 11.3. The van der Waals surface area contributed by atoms with Gasteiger partial charge in [-0.2, -0.15) is 0 Å². The van der Waals surface area contributed by atoms with E-state index in [1.54, 1.807) is 0 Å². The van der Waals surface area contributed by atoms with E-state index in [0.717, 1.165) is 0 Å². The van der Waals surface area contributed by atoms with E-state index in [-0.39, 0.29) is 5.41 Å². The Morgan fingerprint density at radius 1 is 1.00 bits per heavy atom. The van der Waals surface area contributed by atoms with Crippen molar-refractivity contribution in [3.63, 3.8) is 0 Å². The molecule has 0 aromatic heterocycles. The maximum atomic E-state index is 11.8. The van der Waals surface area contributed by atoms with Gasteiger partial charge in [0.2, 0.25) is 0 Å². The van der Waals surface area contributed by atoms with Crippen LogP contribution in [0.1, 0.15) is 33.3 Å². The van der Waals surface area contributed by atoms with Crippen LogP contribution >= 0.6 is 0 Å². The Morgan fingerprint density at radius 2 is 1.59 bits per heavy atom. The van der Waals surface area contributed by atoms with Crippen LogP contribution in [0.5, 0.6) is 5.75 Å². The number of para-hydroxylation sites is 1. The zero-order valence-electron chi connectivity index (χ0n) is 13.6. The Kier molecular flexibility index (Phi) is 4.86. The van der Waals surface area contributed by atoms with Crippen molar-refractivity contribution in [3.05, 3.63) is 60.2 Å². The van der Waals surface area contributed by atoms with Gasteiger partial charge < -0.3 is 4.74 Å². The number of ether oxygens (including phenoxy) is 1. The quantitative estimate of drug-likeness (QED) is 0.839. The summed E-state index contributed by atoms with van der Waals surface area (Å²) in [5, 5.41) is 2.69. The van der Waals surface area contributed by atoms with Gasteiger partial charge in [-0.15, -0.1) is 0 Å². The highest BCUT2D eigenvalue weighted by Crippen LogP contribution is 2.32. The lowest BCUT2D eigenvalue weighted by Crippen LogP contribution is -2.24. The third-order valence-electron chi connectivity index (χ3n) is 4.27. The fraction of sp³-hybridized carbons (Fsp3) is 0.316. The number of benzene rings is 2. The number of hydrogen-bond acceptors (Lipinski definition) is 2. The van der Waals surface area contributed by atoms with Crippen LogP contribution in [0.4, 0.5) is 10.5 Å². The number of nitrogens with one attached hydrogen (secondary N) is 1. The summed E-state index contributed by atoms with van der Waals surface area (Å²) < 4.78 is 5.30. The maximum Gasteiger partial charge on any atom is 0.417 e. The van der Waals surface area contributed by atoms with Gasteiger partial charge in [0, 0.05) is 5.69 Å². The smallest absolute Gasteiger partial charge is 0.410 e. The van der Waals surface area contributed by atoms with Crippen LogP contribution in [0.15, 0.2) is 54.6 Å². The summed E-state index contributed by atoms with van der Waals surface area (Å²) >= 11 is 0. The molecule has 0 spiro atoms. The van der Waals surface area contributed by atoms with Crippen molar-refractivity contribution in [1.82, 2.24) is 0 Å². The van der Waals surface area contributed by atoms with E-state index in [4.69, 9.17) is 4.74 Å². The minimum absolute atomic E-state index is 0.0881. The lowest BCUT2D eigenvalue weighted by Gasteiger charge is -2.29. The molecule has 0 aliphatic heterocycles. The van der Waals surface area contributed by atoms with Gasteiger partial charge in [0.1, 0.15) is 5.75 Å². The molecule has 2 rings (SSSR count). The van der Waals surface area contributed by atoms with Gasteiger partial charge in [0.15, 0.2) is 0 Å². The average molecular weight is 297 g/mol. The molecule has 0 radical (unpaired) electrons. The molecule has 22 heavy (non-hydrogen) atoms. The Labute approximate surface area is 132 Å². The molecule has 2 aromatic rings. The summed E-state index contributed by atoms with van der Waals surface area (Å²) in [4.78, 5) is 11.8. The summed E-state index contributed by atoms with van der Waals surface area (Å²) in [5.41, 5.74) is 2.04.